The first kappa shape index (κ1) is 16.3. The molecule has 0 bridgehead atoms. The average molecular weight is 315 g/mol. The van der Waals surface area contributed by atoms with E-state index in [1.54, 1.807) is 20.8 Å². The lowest BCUT2D eigenvalue weighted by atomic mass is 9.97. The van der Waals surface area contributed by atoms with Gasteiger partial charge in [0.25, 0.3) is 0 Å². The molecule has 1 aliphatic heterocycles. The van der Waals surface area contributed by atoms with Crippen LogP contribution in [0.1, 0.15) is 38.7 Å². The number of halogens is 3. The fourth-order valence-electron chi connectivity index (χ4n) is 2.31. The lowest BCUT2D eigenvalue weighted by Crippen LogP contribution is -2.37. The standard InChI is InChI=1S/C15H16F3NO3/c1-15(2,3)22-14(21)19-7-8(6-11(19)20)12-9(16)4-5-10(17)13(12)18/h4-5,8H,6-7H2,1-3H3/t8-/m1/s1. The molecular formula is C15H16F3NO3. The van der Waals surface area contributed by atoms with Crippen molar-refractivity contribution in [3.8, 4) is 0 Å². The minimum absolute atomic E-state index is 0.245. The fraction of sp³-hybridized carbons (Fsp3) is 0.467. The zero-order valence-electron chi connectivity index (χ0n) is 12.5. The van der Waals surface area contributed by atoms with Gasteiger partial charge in [-0.15, -0.1) is 0 Å². The Balaban J connectivity index is 2.23. The second kappa shape index (κ2) is 5.62. The van der Waals surface area contributed by atoms with Gasteiger partial charge in [-0.1, -0.05) is 0 Å². The molecule has 2 amide bonds. The summed E-state index contributed by atoms with van der Waals surface area (Å²) >= 11 is 0. The summed E-state index contributed by atoms with van der Waals surface area (Å²) in [5, 5.41) is 0. The second-order valence-electron chi connectivity index (χ2n) is 6.14. The van der Waals surface area contributed by atoms with Gasteiger partial charge in [0.15, 0.2) is 11.6 Å². The molecule has 4 nitrogen and oxygen atoms in total. The van der Waals surface area contributed by atoms with E-state index < -0.39 is 46.5 Å². The highest BCUT2D eigenvalue weighted by Gasteiger charge is 2.39. The van der Waals surface area contributed by atoms with Crippen LogP contribution in [0.5, 0.6) is 0 Å². The average Bonchev–Trinajstić information content (AvgIpc) is 2.74. The van der Waals surface area contributed by atoms with Gasteiger partial charge in [-0.05, 0) is 32.9 Å². The summed E-state index contributed by atoms with van der Waals surface area (Å²) in [7, 11) is 0. The van der Waals surface area contributed by atoms with Crippen molar-refractivity contribution in [1.82, 2.24) is 4.90 Å². The maximum atomic E-state index is 13.8. The van der Waals surface area contributed by atoms with Crippen LogP contribution in [0.15, 0.2) is 12.1 Å². The summed E-state index contributed by atoms with van der Waals surface area (Å²) < 4.78 is 45.9. The predicted octanol–water partition coefficient (Wildman–Crippen LogP) is 3.35. The molecule has 0 saturated carbocycles. The first-order chi connectivity index (χ1) is 10.1. The molecule has 0 aromatic heterocycles. The largest absolute Gasteiger partial charge is 0.443 e. The van der Waals surface area contributed by atoms with E-state index in [4.69, 9.17) is 4.74 Å². The molecule has 1 aliphatic rings. The molecule has 1 fully saturated rings. The molecule has 0 spiro atoms. The van der Waals surface area contributed by atoms with Crippen molar-refractivity contribution in [1.29, 1.82) is 0 Å². The van der Waals surface area contributed by atoms with Crippen LogP contribution in [0.3, 0.4) is 0 Å². The van der Waals surface area contributed by atoms with Crippen molar-refractivity contribution in [2.75, 3.05) is 6.54 Å². The second-order valence-corrected chi connectivity index (χ2v) is 6.14. The Morgan fingerprint density at radius 2 is 1.82 bits per heavy atom. The summed E-state index contributed by atoms with van der Waals surface area (Å²) in [6.07, 6.45) is -1.16. The van der Waals surface area contributed by atoms with Crippen molar-refractivity contribution in [3.05, 3.63) is 35.1 Å². The first-order valence-electron chi connectivity index (χ1n) is 6.77. The molecule has 120 valence electrons. The van der Waals surface area contributed by atoms with Crippen LogP contribution >= 0.6 is 0 Å². The highest BCUT2D eigenvalue weighted by atomic mass is 19.2. The maximum absolute atomic E-state index is 13.8. The number of likely N-dealkylation sites (tertiary alicyclic amines) is 1. The van der Waals surface area contributed by atoms with Gasteiger partial charge in [-0.3, -0.25) is 4.79 Å². The van der Waals surface area contributed by atoms with Crippen LogP contribution in [0.25, 0.3) is 0 Å². The number of ether oxygens (including phenoxy) is 1. The molecule has 0 radical (unpaired) electrons. The van der Waals surface area contributed by atoms with Crippen molar-refractivity contribution < 1.29 is 27.5 Å². The maximum Gasteiger partial charge on any atom is 0.417 e. The van der Waals surface area contributed by atoms with Crippen molar-refractivity contribution >= 4 is 12.0 Å². The van der Waals surface area contributed by atoms with Crippen LogP contribution in [-0.2, 0) is 9.53 Å². The number of imide groups is 1. The molecule has 7 heteroatoms. The Hall–Kier alpha value is -2.05. The Kier molecular flexibility index (Phi) is 4.17. The monoisotopic (exact) mass is 315 g/mol. The van der Waals surface area contributed by atoms with E-state index in [0.29, 0.717) is 6.07 Å². The van der Waals surface area contributed by atoms with E-state index in [1.807, 2.05) is 0 Å². The number of carbonyl (C=O) groups is 2. The van der Waals surface area contributed by atoms with Gasteiger partial charge >= 0.3 is 6.09 Å². The van der Waals surface area contributed by atoms with E-state index in [-0.39, 0.29) is 13.0 Å². The van der Waals surface area contributed by atoms with Gasteiger partial charge in [-0.2, -0.15) is 0 Å². The first-order valence-corrected chi connectivity index (χ1v) is 6.77. The van der Waals surface area contributed by atoms with E-state index in [0.717, 1.165) is 11.0 Å². The minimum Gasteiger partial charge on any atom is -0.443 e. The number of benzene rings is 1. The Labute approximate surface area is 125 Å². The molecule has 22 heavy (non-hydrogen) atoms. The van der Waals surface area contributed by atoms with Crippen LogP contribution in [0, 0.1) is 17.5 Å². The molecule has 1 aromatic rings. The van der Waals surface area contributed by atoms with Crippen LogP contribution in [-0.4, -0.2) is 29.0 Å². The van der Waals surface area contributed by atoms with E-state index in [2.05, 4.69) is 0 Å². The number of carbonyl (C=O) groups excluding carboxylic acids is 2. The summed E-state index contributed by atoms with van der Waals surface area (Å²) in [6, 6.07) is 1.48. The molecule has 1 atom stereocenters. The van der Waals surface area contributed by atoms with Crippen molar-refractivity contribution in [2.45, 2.75) is 38.7 Å². The number of nitrogens with zero attached hydrogens (tertiary/aromatic N) is 1. The number of hydrogen-bond acceptors (Lipinski definition) is 3. The molecule has 0 unspecified atom stereocenters. The Bertz CT molecular complexity index is 625. The van der Waals surface area contributed by atoms with Crippen LogP contribution in [0.2, 0.25) is 0 Å². The highest BCUT2D eigenvalue weighted by Crippen LogP contribution is 2.33. The van der Waals surface area contributed by atoms with Crippen LogP contribution < -0.4 is 0 Å². The van der Waals surface area contributed by atoms with E-state index in [9.17, 15) is 22.8 Å². The topological polar surface area (TPSA) is 46.6 Å². The third kappa shape index (κ3) is 3.23. The smallest absolute Gasteiger partial charge is 0.417 e. The summed E-state index contributed by atoms with van der Waals surface area (Å²) in [4.78, 5) is 24.6. The minimum atomic E-state index is -1.33. The van der Waals surface area contributed by atoms with Gasteiger partial charge < -0.3 is 4.74 Å². The summed E-state index contributed by atoms with van der Waals surface area (Å²) in [6.45, 7) is 4.66. The highest BCUT2D eigenvalue weighted by molar-refractivity contribution is 5.94. The number of rotatable bonds is 1. The lowest BCUT2D eigenvalue weighted by Gasteiger charge is -2.23. The third-order valence-corrected chi connectivity index (χ3v) is 3.23. The molecule has 2 rings (SSSR count). The third-order valence-electron chi connectivity index (χ3n) is 3.23. The van der Waals surface area contributed by atoms with Gasteiger partial charge in [0, 0.05) is 24.4 Å². The van der Waals surface area contributed by atoms with Gasteiger partial charge in [0.2, 0.25) is 5.91 Å². The zero-order valence-corrected chi connectivity index (χ0v) is 12.5. The fourth-order valence-corrected chi connectivity index (χ4v) is 2.31. The Morgan fingerprint density at radius 1 is 1.23 bits per heavy atom. The predicted molar refractivity (Wildman–Crippen MR) is 71.6 cm³/mol. The summed E-state index contributed by atoms with van der Waals surface area (Å²) in [5.74, 6) is -5.01. The quantitative estimate of drug-likeness (QED) is 0.747. The number of amides is 2. The molecular weight excluding hydrogens is 299 g/mol. The molecule has 1 aromatic carbocycles. The Morgan fingerprint density at radius 3 is 2.41 bits per heavy atom. The van der Waals surface area contributed by atoms with E-state index >= 15 is 0 Å². The van der Waals surface area contributed by atoms with E-state index in [1.165, 1.54) is 0 Å². The van der Waals surface area contributed by atoms with Crippen molar-refractivity contribution in [2.24, 2.45) is 0 Å². The molecule has 0 N–H and O–H groups in total. The summed E-state index contributed by atoms with van der Waals surface area (Å²) in [5.41, 5.74) is -1.32. The zero-order chi connectivity index (χ0) is 16.7. The van der Waals surface area contributed by atoms with Gasteiger partial charge in [0.05, 0.1) is 0 Å². The van der Waals surface area contributed by atoms with Gasteiger partial charge in [-0.25, -0.2) is 22.9 Å². The number of hydrogen-bond donors (Lipinski definition) is 0. The molecule has 0 aliphatic carbocycles. The lowest BCUT2D eigenvalue weighted by molar-refractivity contribution is -0.126. The van der Waals surface area contributed by atoms with Gasteiger partial charge in [0.1, 0.15) is 11.4 Å². The molecule has 1 heterocycles. The SMILES string of the molecule is CC(C)(C)OC(=O)N1C[C@H](c2c(F)ccc(F)c2F)CC1=O. The van der Waals surface area contributed by atoms with Crippen LogP contribution in [0.4, 0.5) is 18.0 Å². The van der Waals surface area contributed by atoms with Crippen molar-refractivity contribution in [3.63, 3.8) is 0 Å². The molecule has 1 saturated heterocycles. The normalized spacial score (nSPS) is 18.7.